The van der Waals surface area contributed by atoms with E-state index in [1.165, 1.54) is 0 Å². The van der Waals surface area contributed by atoms with Crippen LogP contribution >= 0.6 is 0 Å². The molecule has 0 saturated carbocycles. The Morgan fingerprint density at radius 1 is 1.43 bits per heavy atom. The van der Waals surface area contributed by atoms with Crippen molar-refractivity contribution >= 4 is 11.8 Å². The minimum Gasteiger partial charge on any atom is -0.381 e. The van der Waals surface area contributed by atoms with Gasteiger partial charge in [-0.15, -0.1) is 0 Å². The molecule has 2 amide bonds. The second kappa shape index (κ2) is 6.83. The van der Waals surface area contributed by atoms with Gasteiger partial charge in [0.2, 0.25) is 0 Å². The minimum absolute atomic E-state index is 0.132. The Kier molecular flexibility index (Phi) is 4.62. The molecule has 6 nitrogen and oxygen atoms in total. The van der Waals surface area contributed by atoms with Crippen molar-refractivity contribution in [1.29, 1.82) is 0 Å². The number of hydrogen-bond acceptors (Lipinski definition) is 3. The summed E-state index contributed by atoms with van der Waals surface area (Å²) in [6.07, 6.45) is 2.70. The van der Waals surface area contributed by atoms with Crippen LogP contribution in [0.3, 0.4) is 0 Å². The number of urea groups is 1. The Hall–Kier alpha value is -2.34. The van der Waals surface area contributed by atoms with E-state index in [1.54, 1.807) is 21.8 Å². The molecule has 1 N–H and O–H groups in total. The SMILES string of the molecule is Cc1ccccc1-n1nccc1NC(=O)N(C)CC1CCOC1. The maximum absolute atomic E-state index is 12.4. The number of carbonyl (C=O) groups is 1. The van der Waals surface area contributed by atoms with Crippen molar-refractivity contribution in [2.24, 2.45) is 5.92 Å². The molecule has 1 aromatic carbocycles. The lowest BCUT2D eigenvalue weighted by Crippen LogP contribution is -2.36. The smallest absolute Gasteiger partial charge is 0.322 e. The van der Waals surface area contributed by atoms with Gasteiger partial charge in [0.1, 0.15) is 5.82 Å². The van der Waals surface area contributed by atoms with Gasteiger partial charge in [0.05, 0.1) is 18.5 Å². The predicted octanol–water partition coefficient (Wildman–Crippen LogP) is 2.68. The zero-order valence-electron chi connectivity index (χ0n) is 13.5. The molecule has 1 fully saturated rings. The van der Waals surface area contributed by atoms with Gasteiger partial charge >= 0.3 is 6.03 Å². The van der Waals surface area contributed by atoms with E-state index in [-0.39, 0.29) is 6.03 Å². The monoisotopic (exact) mass is 314 g/mol. The molecule has 6 heteroatoms. The highest BCUT2D eigenvalue weighted by atomic mass is 16.5. The first-order valence-corrected chi connectivity index (χ1v) is 7.85. The molecule has 1 aliphatic heterocycles. The fourth-order valence-corrected chi connectivity index (χ4v) is 2.79. The van der Waals surface area contributed by atoms with Crippen molar-refractivity contribution in [2.45, 2.75) is 13.3 Å². The van der Waals surface area contributed by atoms with Crippen LogP contribution in [0.5, 0.6) is 0 Å². The van der Waals surface area contributed by atoms with Crippen LogP contribution < -0.4 is 5.32 Å². The molecular weight excluding hydrogens is 292 g/mol. The summed E-state index contributed by atoms with van der Waals surface area (Å²) in [6, 6.07) is 9.62. The van der Waals surface area contributed by atoms with E-state index in [0.717, 1.165) is 30.9 Å². The number of aromatic nitrogens is 2. The number of amides is 2. The molecular formula is C17H22N4O2. The number of carbonyl (C=O) groups excluding carboxylic acids is 1. The van der Waals surface area contributed by atoms with Crippen LogP contribution in [0.25, 0.3) is 5.69 Å². The highest BCUT2D eigenvalue weighted by Gasteiger charge is 2.20. The fraction of sp³-hybridized carbons (Fsp3) is 0.412. The summed E-state index contributed by atoms with van der Waals surface area (Å²) in [5, 5.41) is 7.26. The van der Waals surface area contributed by atoms with E-state index in [0.29, 0.717) is 18.3 Å². The molecule has 2 heterocycles. The predicted molar refractivity (Wildman–Crippen MR) is 88.9 cm³/mol. The average molecular weight is 314 g/mol. The lowest BCUT2D eigenvalue weighted by atomic mass is 10.1. The third-order valence-corrected chi connectivity index (χ3v) is 4.12. The second-order valence-electron chi connectivity index (χ2n) is 5.96. The van der Waals surface area contributed by atoms with Gasteiger partial charge in [-0.25, -0.2) is 9.48 Å². The zero-order chi connectivity index (χ0) is 16.2. The van der Waals surface area contributed by atoms with E-state index in [4.69, 9.17) is 4.74 Å². The first-order valence-electron chi connectivity index (χ1n) is 7.85. The molecule has 0 aliphatic carbocycles. The number of anilines is 1. The molecule has 1 aromatic heterocycles. The Labute approximate surface area is 136 Å². The maximum atomic E-state index is 12.4. The molecule has 122 valence electrons. The molecule has 23 heavy (non-hydrogen) atoms. The second-order valence-corrected chi connectivity index (χ2v) is 5.96. The molecule has 0 bridgehead atoms. The lowest BCUT2D eigenvalue weighted by molar-refractivity contribution is 0.175. The van der Waals surface area contributed by atoms with Gasteiger partial charge in [-0.05, 0) is 25.0 Å². The van der Waals surface area contributed by atoms with Crippen LogP contribution in [-0.4, -0.2) is 47.5 Å². The van der Waals surface area contributed by atoms with E-state index in [9.17, 15) is 4.79 Å². The van der Waals surface area contributed by atoms with Gasteiger partial charge in [0, 0.05) is 32.2 Å². The third-order valence-electron chi connectivity index (χ3n) is 4.12. The molecule has 0 radical (unpaired) electrons. The molecule has 1 unspecified atom stereocenters. The van der Waals surface area contributed by atoms with Crippen molar-refractivity contribution in [1.82, 2.24) is 14.7 Å². The summed E-state index contributed by atoms with van der Waals surface area (Å²) in [7, 11) is 1.81. The van der Waals surface area contributed by atoms with E-state index >= 15 is 0 Å². The zero-order valence-corrected chi connectivity index (χ0v) is 13.5. The number of ether oxygens (including phenoxy) is 1. The van der Waals surface area contributed by atoms with Crippen LogP contribution in [0, 0.1) is 12.8 Å². The molecule has 1 saturated heterocycles. The topological polar surface area (TPSA) is 59.4 Å². The number of nitrogens with zero attached hydrogens (tertiary/aromatic N) is 3. The number of benzene rings is 1. The summed E-state index contributed by atoms with van der Waals surface area (Å²) >= 11 is 0. The Morgan fingerprint density at radius 2 is 2.26 bits per heavy atom. The molecule has 1 aliphatic rings. The fourth-order valence-electron chi connectivity index (χ4n) is 2.79. The van der Waals surface area contributed by atoms with Crippen molar-refractivity contribution < 1.29 is 9.53 Å². The quantitative estimate of drug-likeness (QED) is 0.944. The number of para-hydroxylation sites is 1. The van der Waals surface area contributed by atoms with Crippen LogP contribution in [0.15, 0.2) is 36.5 Å². The van der Waals surface area contributed by atoms with Crippen molar-refractivity contribution in [3.63, 3.8) is 0 Å². The highest BCUT2D eigenvalue weighted by Crippen LogP contribution is 2.19. The number of aryl methyl sites for hydroxylation is 1. The maximum Gasteiger partial charge on any atom is 0.322 e. The van der Waals surface area contributed by atoms with Crippen molar-refractivity contribution in [3.8, 4) is 5.69 Å². The van der Waals surface area contributed by atoms with Gasteiger partial charge in [-0.1, -0.05) is 18.2 Å². The van der Waals surface area contributed by atoms with E-state index < -0.39 is 0 Å². The van der Waals surface area contributed by atoms with Crippen LogP contribution in [0.2, 0.25) is 0 Å². The summed E-state index contributed by atoms with van der Waals surface area (Å²) in [5.74, 6) is 1.09. The van der Waals surface area contributed by atoms with E-state index in [2.05, 4.69) is 10.4 Å². The van der Waals surface area contributed by atoms with Gasteiger partial charge in [0.15, 0.2) is 0 Å². The molecule has 1 atom stereocenters. The Bertz CT molecular complexity index is 677. The van der Waals surface area contributed by atoms with Gasteiger partial charge in [-0.3, -0.25) is 5.32 Å². The normalized spacial score (nSPS) is 17.2. The van der Waals surface area contributed by atoms with Gasteiger partial charge < -0.3 is 9.64 Å². The van der Waals surface area contributed by atoms with Gasteiger partial charge in [-0.2, -0.15) is 5.10 Å². The first-order chi connectivity index (χ1) is 11.1. The molecule has 3 rings (SSSR count). The van der Waals surface area contributed by atoms with Crippen molar-refractivity contribution in [2.75, 3.05) is 32.1 Å². The highest BCUT2D eigenvalue weighted by molar-refractivity contribution is 5.88. The Balaban J connectivity index is 1.70. The minimum atomic E-state index is -0.132. The summed E-state index contributed by atoms with van der Waals surface area (Å²) in [4.78, 5) is 14.1. The van der Waals surface area contributed by atoms with E-state index in [1.807, 2.05) is 38.2 Å². The summed E-state index contributed by atoms with van der Waals surface area (Å²) < 4.78 is 7.11. The average Bonchev–Trinajstić information content (AvgIpc) is 3.19. The van der Waals surface area contributed by atoms with Gasteiger partial charge in [0.25, 0.3) is 0 Å². The van der Waals surface area contributed by atoms with Crippen LogP contribution in [0.1, 0.15) is 12.0 Å². The first kappa shape index (κ1) is 15.6. The Morgan fingerprint density at radius 3 is 3.00 bits per heavy atom. The number of hydrogen-bond donors (Lipinski definition) is 1. The molecule has 2 aromatic rings. The number of nitrogens with one attached hydrogen (secondary N) is 1. The lowest BCUT2D eigenvalue weighted by Gasteiger charge is -2.21. The standard InChI is InChI=1S/C17H22N4O2/c1-13-5-3-4-6-15(13)21-16(7-9-18-21)19-17(22)20(2)11-14-8-10-23-12-14/h3-7,9,14H,8,10-12H2,1-2H3,(H,19,22). The van der Waals surface area contributed by atoms with Crippen LogP contribution in [-0.2, 0) is 4.74 Å². The number of rotatable bonds is 4. The van der Waals surface area contributed by atoms with Crippen molar-refractivity contribution in [3.05, 3.63) is 42.1 Å². The third kappa shape index (κ3) is 3.53. The largest absolute Gasteiger partial charge is 0.381 e. The van der Waals surface area contributed by atoms with Crippen LogP contribution in [0.4, 0.5) is 10.6 Å². The molecule has 0 spiro atoms. The summed E-state index contributed by atoms with van der Waals surface area (Å²) in [6.45, 7) is 4.25. The summed E-state index contributed by atoms with van der Waals surface area (Å²) in [5.41, 5.74) is 2.06.